The van der Waals surface area contributed by atoms with E-state index in [1.54, 1.807) is 7.05 Å². The van der Waals surface area contributed by atoms with E-state index in [4.69, 9.17) is 0 Å². The number of guanidine groups is 1. The second-order valence-corrected chi connectivity index (χ2v) is 6.28. The minimum Gasteiger partial charge on any atom is -0.356 e. The van der Waals surface area contributed by atoms with Gasteiger partial charge in [0.15, 0.2) is 5.96 Å². The van der Waals surface area contributed by atoms with E-state index in [2.05, 4.69) is 43.4 Å². The van der Waals surface area contributed by atoms with E-state index in [1.165, 1.54) is 6.42 Å². The minimum absolute atomic E-state index is 0.0399. The molecule has 1 amide bonds. The Labute approximate surface area is 147 Å². The highest BCUT2D eigenvalue weighted by Crippen LogP contribution is 2.10. The first kappa shape index (κ1) is 19.5. The Hall–Kier alpha value is -1.56. The van der Waals surface area contributed by atoms with Crippen molar-refractivity contribution in [1.82, 2.24) is 15.5 Å². The summed E-state index contributed by atoms with van der Waals surface area (Å²) in [6.45, 7) is 4.59. The molecule has 6 heteroatoms. The number of nitrogens with zero attached hydrogens (tertiary/aromatic N) is 2. The summed E-state index contributed by atoms with van der Waals surface area (Å²) in [6.07, 6.45) is 3.17. The lowest BCUT2D eigenvalue weighted by molar-refractivity contribution is 0.0953. The number of nitrogens with one attached hydrogen (secondary N) is 2. The predicted octanol–water partition coefficient (Wildman–Crippen LogP) is 2.88. The lowest BCUT2D eigenvalue weighted by atomic mass is 10.2. The van der Waals surface area contributed by atoms with E-state index < -0.39 is 0 Å². The van der Waals surface area contributed by atoms with E-state index in [0.717, 1.165) is 36.4 Å². The quantitative estimate of drug-likeness (QED) is 0.412. The summed E-state index contributed by atoms with van der Waals surface area (Å²) in [7, 11) is 3.83. The fourth-order valence-corrected chi connectivity index (χ4v) is 2.34. The monoisotopic (exact) mass is 382 g/mol. The molecule has 0 bridgehead atoms. The van der Waals surface area contributed by atoms with Crippen LogP contribution in [0.4, 0.5) is 0 Å². The zero-order valence-corrected chi connectivity index (χ0v) is 15.8. The number of benzene rings is 1. The molecule has 0 aliphatic carbocycles. The molecule has 0 aliphatic heterocycles. The Kier molecular flexibility index (Phi) is 9.36. The standard InChI is InChI=1S/C17H27BrN4O/c1-4-5-13-22(3)17(19-2)21-12-6-11-20-16(23)14-7-9-15(18)10-8-14/h7-10H,4-6,11-13H2,1-3H3,(H,19,21)(H,20,23). The van der Waals surface area contributed by atoms with E-state index in [9.17, 15) is 4.79 Å². The van der Waals surface area contributed by atoms with Crippen LogP contribution in [-0.2, 0) is 0 Å². The largest absolute Gasteiger partial charge is 0.356 e. The molecular weight excluding hydrogens is 356 g/mol. The summed E-state index contributed by atoms with van der Waals surface area (Å²) >= 11 is 3.36. The number of carbonyl (C=O) groups excluding carboxylic acids is 1. The molecule has 0 fully saturated rings. The number of carbonyl (C=O) groups is 1. The van der Waals surface area contributed by atoms with Crippen molar-refractivity contribution in [2.24, 2.45) is 4.99 Å². The van der Waals surface area contributed by atoms with Gasteiger partial charge in [0.2, 0.25) is 0 Å². The normalized spacial score (nSPS) is 11.2. The first-order valence-corrected chi connectivity index (χ1v) is 8.83. The molecule has 0 saturated heterocycles. The molecule has 0 atom stereocenters. The SMILES string of the molecule is CCCCN(C)C(=NC)NCCCNC(=O)c1ccc(Br)cc1. The van der Waals surface area contributed by atoms with Crippen LogP contribution in [0.15, 0.2) is 33.7 Å². The van der Waals surface area contributed by atoms with Crippen LogP contribution < -0.4 is 10.6 Å². The van der Waals surface area contributed by atoms with Gasteiger partial charge in [-0.15, -0.1) is 0 Å². The van der Waals surface area contributed by atoms with Crippen molar-refractivity contribution in [3.8, 4) is 0 Å². The second-order valence-electron chi connectivity index (χ2n) is 5.37. The molecule has 128 valence electrons. The van der Waals surface area contributed by atoms with Gasteiger partial charge < -0.3 is 15.5 Å². The van der Waals surface area contributed by atoms with Gasteiger partial charge in [0, 0.05) is 43.8 Å². The number of hydrogen-bond donors (Lipinski definition) is 2. The number of halogens is 1. The van der Waals surface area contributed by atoms with Crippen molar-refractivity contribution in [2.45, 2.75) is 26.2 Å². The minimum atomic E-state index is -0.0399. The fourth-order valence-electron chi connectivity index (χ4n) is 2.08. The highest BCUT2D eigenvalue weighted by Gasteiger charge is 2.06. The molecule has 2 N–H and O–H groups in total. The number of amides is 1. The molecule has 0 saturated carbocycles. The number of hydrogen-bond acceptors (Lipinski definition) is 2. The average Bonchev–Trinajstić information content (AvgIpc) is 2.56. The summed E-state index contributed by atoms with van der Waals surface area (Å²) in [6, 6.07) is 7.35. The third kappa shape index (κ3) is 7.50. The van der Waals surface area contributed by atoms with Crippen molar-refractivity contribution in [2.75, 3.05) is 33.7 Å². The van der Waals surface area contributed by atoms with E-state index in [0.29, 0.717) is 12.1 Å². The van der Waals surface area contributed by atoms with Gasteiger partial charge in [0.25, 0.3) is 5.91 Å². The molecular formula is C17H27BrN4O. The molecule has 1 aromatic rings. The fraction of sp³-hybridized carbons (Fsp3) is 0.529. The topological polar surface area (TPSA) is 56.7 Å². The summed E-state index contributed by atoms with van der Waals surface area (Å²) in [5.74, 6) is 0.861. The van der Waals surface area contributed by atoms with Gasteiger partial charge in [0.1, 0.15) is 0 Å². The third-order valence-electron chi connectivity index (χ3n) is 3.45. The Morgan fingerprint density at radius 2 is 1.83 bits per heavy atom. The zero-order valence-electron chi connectivity index (χ0n) is 14.2. The molecule has 0 heterocycles. The molecule has 0 aromatic heterocycles. The molecule has 0 aliphatic rings. The summed E-state index contributed by atoms with van der Waals surface area (Å²) in [5.41, 5.74) is 0.677. The Balaban J connectivity index is 2.23. The second kappa shape index (κ2) is 11.0. The molecule has 1 aromatic carbocycles. The van der Waals surface area contributed by atoms with E-state index in [1.807, 2.05) is 31.3 Å². The molecule has 23 heavy (non-hydrogen) atoms. The van der Waals surface area contributed by atoms with E-state index >= 15 is 0 Å². The Morgan fingerprint density at radius 1 is 1.17 bits per heavy atom. The van der Waals surface area contributed by atoms with Crippen molar-refractivity contribution >= 4 is 27.8 Å². The highest BCUT2D eigenvalue weighted by atomic mass is 79.9. The first-order chi connectivity index (χ1) is 11.1. The maximum atomic E-state index is 12.0. The number of rotatable bonds is 8. The maximum absolute atomic E-state index is 12.0. The number of aliphatic imine (C=N–C) groups is 1. The molecule has 0 radical (unpaired) electrons. The Bertz CT molecular complexity index is 502. The first-order valence-electron chi connectivity index (χ1n) is 8.04. The molecule has 0 spiro atoms. The van der Waals surface area contributed by atoms with Crippen LogP contribution in [0.25, 0.3) is 0 Å². The van der Waals surface area contributed by atoms with Crippen LogP contribution in [0.1, 0.15) is 36.5 Å². The van der Waals surface area contributed by atoms with Gasteiger partial charge in [0.05, 0.1) is 0 Å². The lowest BCUT2D eigenvalue weighted by Crippen LogP contribution is -2.40. The Morgan fingerprint density at radius 3 is 2.43 bits per heavy atom. The van der Waals surface area contributed by atoms with Crippen LogP contribution in [0.5, 0.6) is 0 Å². The molecule has 0 unspecified atom stereocenters. The van der Waals surface area contributed by atoms with Gasteiger partial charge in [-0.25, -0.2) is 0 Å². The summed E-state index contributed by atoms with van der Waals surface area (Å²) in [5, 5.41) is 6.24. The van der Waals surface area contributed by atoms with Gasteiger partial charge in [-0.1, -0.05) is 29.3 Å². The van der Waals surface area contributed by atoms with Crippen molar-refractivity contribution in [3.63, 3.8) is 0 Å². The lowest BCUT2D eigenvalue weighted by Gasteiger charge is -2.21. The van der Waals surface area contributed by atoms with Crippen molar-refractivity contribution in [3.05, 3.63) is 34.3 Å². The van der Waals surface area contributed by atoms with E-state index in [-0.39, 0.29) is 5.91 Å². The van der Waals surface area contributed by atoms with Crippen LogP contribution in [0.2, 0.25) is 0 Å². The average molecular weight is 383 g/mol. The number of unbranched alkanes of at least 4 members (excludes halogenated alkanes) is 1. The van der Waals surface area contributed by atoms with Crippen molar-refractivity contribution in [1.29, 1.82) is 0 Å². The van der Waals surface area contributed by atoms with Gasteiger partial charge in [-0.3, -0.25) is 9.79 Å². The third-order valence-corrected chi connectivity index (χ3v) is 3.98. The van der Waals surface area contributed by atoms with Crippen LogP contribution in [0.3, 0.4) is 0 Å². The van der Waals surface area contributed by atoms with Gasteiger partial charge in [-0.2, -0.15) is 0 Å². The van der Waals surface area contributed by atoms with Gasteiger partial charge >= 0.3 is 0 Å². The summed E-state index contributed by atoms with van der Waals surface area (Å²) in [4.78, 5) is 18.4. The maximum Gasteiger partial charge on any atom is 0.251 e. The molecule has 1 rings (SSSR count). The zero-order chi connectivity index (χ0) is 17.1. The predicted molar refractivity (Wildman–Crippen MR) is 100.0 cm³/mol. The van der Waals surface area contributed by atoms with Crippen molar-refractivity contribution < 1.29 is 4.79 Å². The molecule has 5 nitrogen and oxygen atoms in total. The van der Waals surface area contributed by atoms with Crippen LogP contribution in [-0.4, -0.2) is 50.5 Å². The summed E-state index contributed by atoms with van der Waals surface area (Å²) < 4.78 is 0.969. The van der Waals surface area contributed by atoms with Crippen LogP contribution in [0, 0.1) is 0 Å². The smallest absolute Gasteiger partial charge is 0.251 e. The van der Waals surface area contributed by atoms with Gasteiger partial charge in [-0.05, 0) is 37.1 Å². The highest BCUT2D eigenvalue weighted by molar-refractivity contribution is 9.10. The van der Waals surface area contributed by atoms with Crippen LogP contribution >= 0.6 is 15.9 Å².